The predicted molar refractivity (Wildman–Crippen MR) is 72.0 cm³/mol. The van der Waals surface area contributed by atoms with Gasteiger partial charge < -0.3 is 9.84 Å². The van der Waals surface area contributed by atoms with E-state index in [-0.39, 0.29) is 6.61 Å². The highest BCUT2D eigenvalue weighted by Gasteiger charge is 2.07. The quantitative estimate of drug-likeness (QED) is 0.883. The minimum atomic E-state index is -0.0369. The molecule has 0 aliphatic rings. The molecule has 19 heavy (non-hydrogen) atoms. The maximum Gasteiger partial charge on any atom is 0.164 e. The number of ether oxygens (including phenoxy) is 1. The van der Waals surface area contributed by atoms with Crippen molar-refractivity contribution in [2.45, 2.75) is 33.1 Å². The lowest BCUT2D eigenvalue weighted by atomic mass is 10.2. The maximum atomic E-state index is 9.01. The number of benzene rings is 1. The van der Waals surface area contributed by atoms with E-state index in [9.17, 15) is 0 Å². The molecule has 0 spiro atoms. The van der Waals surface area contributed by atoms with Crippen LogP contribution >= 0.6 is 11.6 Å². The van der Waals surface area contributed by atoms with Crippen LogP contribution in [0, 0.1) is 0 Å². The van der Waals surface area contributed by atoms with Gasteiger partial charge in [0.2, 0.25) is 0 Å². The van der Waals surface area contributed by atoms with Gasteiger partial charge in [0.05, 0.1) is 11.6 Å². The van der Waals surface area contributed by atoms with Crippen molar-refractivity contribution in [3.8, 4) is 5.75 Å². The summed E-state index contributed by atoms with van der Waals surface area (Å²) >= 11 is 6.07. The fourth-order valence-corrected chi connectivity index (χ4v) is 1.96. The van der Waals surface area contributed by atoms with E-state index in [1.165, 1.54) is 6.33 Å². The fourth-order valence-electron chi connectivity index (χ4n) is 1.70. The van der Waals surface area contributed by atoms with Gasteiger partial charge in [-0.2, -0.15) is 5.10 Å². The van der Waals surface area contributed by atoms with E-state index in [1.54, 1.807) is 18.2 Å². The first-order valence-electron chi connectivity index (χ1n) is 6.13. The van der Waals surface area contributed by atoms with Crippen LogP contribution in [0.25, 0.3) is 0 Å². The van der Waals surface area contributed by atoms with Crippen LogP contribution in [0.1, 0.15) is 24.7 Å². The Morgan fingerprint density at radius 2 is 2.26 bits per heavy atom. The van der Waals surface area contributed by atoms with Crippen LogP contribution in [0.2, 0.25) is 5.02 Å². The largest absolute Gasteiger partial charge is 0.484 e. The predicted octanol–water partition coefficient (Wildman–Crippen LogP) is 2.41. The van der Waals surface area contributed by atoms with Crippen LogP contribution in [0.15, 0.2) is 24.5 Å². The van der Waals surface area contributed by atoms with Crippen molar-refractivity contribution >= 4 is 11.6 Å². The summed E-state index contributed by atoms with van der Waals surface area (Å²) in [6.45, 7) is 3.18. The van der Waals surface area contributed by atoms with Crippen molar-refractivity contribution in [2.75, 3.05) is 0 Å². The van der Waals surface area contributed by atoms with E-state index >= 15 is 0 Å². The van der Waals surface area contributed by atoms with Gasteiger partial charge in [-0.1, -0.05) is 24.6 Å². The molecular weight excluding hydrogens is 266 g/mol. The number of aromatic nitrogens is 3. The van der Waals surface area contributed by atoms with Gasteiger partial charge in [0, 0.05) is 6.54 Å². The van der Waals surface area contributed by atoms with Crippen molar-refractivity contribution in [1.82, 2.24) is 14.8 Å². The highest BCUT2D eigenvalue weighted by Crippen LogP contribution is 2.26. The van der Waals surface area contributed by atoms with Gasteiger partial charge in [-0.15, -0.1) is 0 Å². The van der Waals surface area contributed by atoms with E-state index in [1.807, 2.05) is 4.68 Å². The number of halogens is 1. The van der Waals surface area contributed by atoms with Gasteiger partial charge in [-0.05, 0) is 24.1 Å². The van der Waals surface area contributed by atoms with Gasteiger partial charge in [-0.3, -0.25) is 0 Å². The normalized spacial score (nSPS) is 10.7. The Morgan fingerprint density at radius 3 is 2.95 bits per heavy atom. The molecule has 0 bridgehead atoms. The molecule has 5 nitrogen and oxygen atoms in total. The first kappa shape index (κ1) is 13.8. The number of hydrogen-bond acceptors (Lipinski definition) is 4. The topological polar surface area (TPSA) is 60.2 Å². The molecule has 2 rings (SSSR count). The van der Waals surface area contributed by atoms with E-state index in [2.05, 4.69) is 17.0 Å². The number of hydrogen-bond donors (Lipinski definition) is 1. The second-order valence-electron chi connectivity index (χ2n) is 4.11. The number of nitrogens with zero attached hydrogens (tertiary/aromatic N) is 3. The molecule has 1 heterocycles. The summed E-state index contributed by atoms with van der Waals surface area (Å²) in [5, 5.41) is 13.6. The molecule has 1 N–H and O–H groups in total. The molecule has 0 radical (unpaired) electrons. The van der Waals surface area contributed by atoms with Gasteiger partial charge in [0.25, 0.3) is 0 Å². The third-order valence-electron chi connectivity index (χ3n) is 2.67. The van der Waals surface area contributed by atoms with Crippen LogP contribution in [-0.2, 0) is 19.8 Å². The Balaban J connectivity index is 2.04. The average molecular weight is 282 g/mol. The van der Waals surface area contributed by atoms with Crippen molar-refractivity contribution in [2.24, 2.45) is 0 Å². The van der Waals surface area contributed by atoms with Gasteiger partial charge >= 0.3 is 0 Å². The highest BCUT2D eigenvalue weighted by molar-refractivity contribution is 6.32. The van der Waals surface area contributed by atoms with Crippen LogP contribution < -0.4 is 4.74 Å². The molecular formula is C13H16ClN3O2. The molecule has 102 valence electrons. The summed E-state index contributed by atoms with van der Waals surface area (Å²) < 4.78 is 7.45. The third kappa shape index (κ3) is 3.45. The van der Waals surface area contributed by atoms with Crippen LogP contribution in [-0.4, -0.2) is 19.9 Å². The molecule has 1 aromatic carbocycles. The van der Waals surface area contributed by atoms with Gasteiger partial charge in [0.15, 0.2) is 5.82 Å². The molecule has 2 aromatic rings. The zero-order valence-corrected chi connectivity index (χ0v) is 11.5. The molecule has 0 aliphatic heterocycles. The van der Waals surface area contributed by atoms with E-state index in [0.717, 1.165) is 24.4 Å². The number of aryl methyl sites for hydroxylation is 1. The van der Waals surface area contributed by atoms with Crippen molar-refractivity contribution < 1.29 is 9.84 Å². The lowest BCUT2D eigenvalue weighted by Crippen LogP contribution is -2.08. The summed E-state index contributed by atoms with van der Waals surface area (Å²) in [6.07, 6.45) is 2.51. The zero-order valence-electron chi connectivity index (χ0n) is 10.7. The van der Waals surface area contributed by atoms with E-state index < -0.39 is 0 Å². The van der Waals surface area contributed by atoms with E-state index in [4.69, 9.17) is 21.4 Å². The Hall–Kier alpha value is -1.59. The maximum absolute atomic E-state index is 9.01. The Kier molecular flexibility index (Phi) is 4.76. The second-order valence-corrected chi connectivity index (χ2v) is 4.52. The molecule has 0 aliphatic carbocycles. The minimum absolute atomic E-state index is 0.0369. The lowest BCUT2D eigenvalue weighted by Gasteiger charge is -2.09. The Labute approximate surface area is 116 Å². The third-order valence-corrected chi connectivity index (χ3v) is 2.96. The van der Waals surface area contributed by atoms with Crippen molar-refractivity contribution in [3.63, 3.8) is 0 Å². The summed E-state index contributed by atoms with van der Waals surface area (Å²) in [6, 6.07) is 5.21. The number of aliphatic hydroxyl groups is 1. The number of aliphatic hydroxyl groups excluding tert-OH is 1. The summed E-state index contributed by atoms with van der Waals surface area (Å²) in [7, 11) is 0. The smallest absolute Gasteiger partial charge is 0.164 e. The lowest BCUT2D eigenvalue weighted by molar-refractivity contribution is 0.278. The van der Waals surface area contributed by atoms with Gasteiger partial charge in [-0.25, -0.2) is 9.67 Å². The van der Waals surface area contributed by atoms with Crippen LogP contribution in [0.3, 0.4) is 0 Å². The minimum Gasteiger partial charge on any atom is -0.484 e. The standard InChI is InChI=1S/C13H16ClN3O2/c1-2-5-17-13(15-9-16-17)8-19-12-4-3-10(7-18)6-11(12)14/h3-4,6,9,18H,2,5,7-8H2,1H3. The highest BCUT2D eigenvalue weighted by atomic mass is 35.5. The molecule has 6 heteroatoms. The Bertz CT molecular complexity index is 542. The van der Waals surface area contributed by atoms with E-state index in [0.29, 0.717) is 17.4 Å². The number of rotatable bonds is 6. The van der Waals surface area contributed by atoms with Crippen LogP contribution in [0.4, 0.5) is 0 Å². The molecule has 0 amide bonds. The van der Waals surface area contributed by atoms with Crippen molar-refractivity contribution in [3.05, 3.63) is 40.9 Å². The fraction of sp³-hybridized carbons (Fsp3) is 0.385. The zero-order chi connectivity index (χ0) is 13.7. The molecule has 0 saturated heterocycles. The monoisotopic (exact) mass is 281 g/mol. The van der Waals surface area contributed by atoms with Crippen molar-refractivity contribution in [1.29, 1.82) is 0 Å². The summed E-state index contributed by atoms with van der Waals surface area (Å²) in [5.41, 5.74) is 0.756. The Morgan fingerprint density at radius 1 is 1.42 bits per heavy atom. The first-order valence-corrected chi connectivity index (χ1v) is 6.51. The van der Waals surface area contributed by atoms with Crippen LogP contribution in [0.5, 0.6) is 5.75 Å². The second kappa shape index (κ2) is 6.54. The first-order chi connectivity index (χ1) is 9.24. The molecule has 0 atom stereocenters. The molecule has 0 saturated carbocycles. The molecule has 0 unspecified atom stereocenters. The average Bonchev–Trinajstić information content (AvgIpc) is 2.85. The molecule has 1 aromatic heterocycles. The van der Waals surface area contributed by atoms with Gasteiger partial charge in [0.1, 0.15) is 18.7 Å². The SMILES string of the molecule is CCCn1ncnc1COc1ccc(CO)cc1Cl. The summed E-state index contributed by atoms with van der Waals surface area (Å²) in [4.78, 5) is 4.16. The molecule has 0 fully saturated rings. The summed E-state index contributed by atoms with van der Waals surface area (Å²) in [5.74, 6) is 1.34.